The van der Waals surface area contributed by atoms with E-state index in [1.807, 2.05) is 44.2 Å². The molecule has 7 heteroatoms. The zero-order chi connectivity index (χ0) is 23.8. The van der Waals surface area contributed by atoms with E-state index in [2.05, 4.69) is 22.2 Å². The van der Waals surface area contributed by atoms with E-state index in [4.69, 9.17) is 9.47 Å². The highest BCUT2D eigenvalue weighted by Crippen LogP contribution is 2.13. The minimum Gasteiger partial charge on any atom is -0.444 e. The molecule has 7 nitrogen and oxygen atoms in total. The summed E-state index contributed by atoms with van der Waals surface area (Å²) < 4.78 is 10.6. The molecule has 1 atom stereocenters. The van der Waals surface area contributed by atoms with Gasteiger partial charge in [-0.25, -0.2) is 9.59 Å². The van der Waals surface area contributed by atoms with Crippen LogP contribution < -0.4 is 5.32 Å². The van der Waals surface area contributed by atoms with E-state index in [1.165, 1.54) is 0 Å². The summed E-state index contributed by atoms with van der Waals surface area (Å²) >= 11 is 0. The van der Waals surface area contributed by atoms with Gasteiger partial charge in [0.1, 0.15) is 11.2 Å². The summed E-state index contributed by atoms with van der Waals surface area (Å²) in [6.45, 7) is 14.5. The Balaban J connectivity index is 3.24. The molecule has 0 radical (unpaired) electrons. The van der Waals surface area contributed by atoms with Crippen molar-refractivity contribution >= 4 is 18.1 Å². The van der Waals surface area contributed by atoms with Crippen molar-refractivity contribution in [2.24, 2.45) is 10.9 Å². The molecule has 1 rings (SSSR count). The van der Waals surface area contributed by atoms with E-state index in [1.54, 1.807) is 53.5 Å². The van der Waals surface area contributed by atoms with Crippen LogP contribution in [-0.4, -0.2) is 47.3 Å². The van der Waals surface area contributed by atoms with Gasteiger partial charge in [-0.05, 0) is 59.6 Å². The Kier molecular flexibility index (Phi) is 9.11. The zero-order valence-electron chi connectivity index (χ0n) is 20.1. The Morgan fingerprint density at radius 1 is 1.00 bits per heavy atom. The van der Waals surface area contributed by atoms with Crippen LogP contribution in [-0.2, 0) is 9.47 Å². The maximum atomic E-state index is 12.4. The number of hydrogen-bond acceptors (Lipinski definition) is 4. The van der Waals surface area contributed by atoms with Crippen LogP contribution in [0.25, 0.3) is 0 Å². The lowest BCUT2D eigenvalue weighted by Crippen LogP contribution is -2.50. The minimum atomic E-state index is -0.816. The lowest BCUT2D eigenvalue weighted by Gasteiger charge is -2.30. The zero-order valence-corrected chi connectivity index (χ0v) is 20.1. The molecule has 1 unspecified atom stereocenters. The van der Waals surface area contributed by atoms with Gasteiger partial charge in [-0.2, -0.15) is 0 Å². The Hall–Kier alpha value is -3.01. The first kappa shape index (κ1) is 26.0. The van der Waals surface area contributed by atoms with Gasteiger partial charge in [-0.15, -0.1) is 4.99 Å². The number of aliphatic imine (C=N–C) groups is 1. The third kappa shape index (κ3) is 10.5. The van der Waals surface area contributed by atoms with Gasteiger partial charge in [0.05, 0.1) is 6.04 Å². The van der Waals surface area contributed by atoms with E-state index in [9.17, 15) is 9.59 Å². The summed E-state index contributed by atoms with van der Waals surface area (Å²) in [6.07, 6.45) is -1.54. The maximum Gasteiger partial charge on any atom is 0.437 e. The number of guanidine groups is 1. The second-order valence-corrected chi connectivity index (χ2v) is 9.48. The monoisotopic (exact) mass is 429 g/mol. The van der Waals surface area contributed by atoms with E-state index >= 15 is 0 Å². The molecule has 0 aliphatic rings. The molecule has 0 spiro atoms. The van der Waals surface area contributed by atoms with Crippen molar-refractivity contribution in [3.05, 3.63) is 35.9 Å². The van der Waals surface area contributed by atoms with E-state index < -0.39 is 23.4 Å². The molecular formula is C24H35N3O4. The van der Waals surface area contributed by atoms with Crippen LogP contribution in [0.1, 0.15) is 61.0 Å². The van der Waals surface area contributed by atoms with E-state index in [0.29, 0.717) is 0 Å². The van der Waals surface area contributed by atoms with Crippen LogP contribution >= 0.6 is 0 Å². The molecule has 0 aliphatic heterocycles. The summed E-state index contributed by atoms with van der Waals surface area (Å²) in [4.78, 5) is 30.4. The minimum absolute atomic E-state index is 0.00422. The third-order valence-electron chi connectivity index (χ3n) is 3.72. The molecule has 31 heavy (non-hydrogen) atoms. The summed E-state index contributed by atoms with van der Waals surface area (Å²) in [5.41, 5.74) is -0.558. The number of hydrogen-bond donors (Lipinski definition) is 1. The highest BCUT2D eigenvalue weighted by Gasteiger charge is 2.26. The Labute approximate surface area is 186 Å². The summed E-state index contributed by atoms with van der Waals surface area (Å²) in [5, 5.41) is 2.57. The van der Waals surface area contributed by atoms with Gasteiger partial charge in [0.25, 0.3) is 0 Å². The SMILES string of the molecule is CC(C)C(C#Cc1ccccc1)N(C)/C(=N\C(=O)OC(C)(C)C)NC(=O)OC(C)(C)C. The fraction of sp³-hybridized carbons (Fsp3) is 0.542. The molecule has 1 aromatic rings. The number of alkyl carbamates (subject to hydrolysis) is 1. The van der Waals surface area contributed by atoms with Crippen LogP contribution in [0.15, 0.2) is 35.3 Å². The fourth-order valence-corrected chi connectivity index (χ4v) is 2.48. The van der Waals surface area contributed by atoms with Gasteiger partial charge in [0.15, 0.2) is 0 Å². The molecule has 0 heterocycles. The van der Waals surface area contributed by atoms with Crippen molar-refractivity contribution in [1.82, 2.24) is 10.2 Å². The predicted molar refractivity (Wildman–Crippen MR) is 123 cm³/mol. The number of amides is 2. The lowest BCUT2D eigenvalue weighted by molar-refractivity contribution is 0.0553. The van der Waals surface area contributed by atoms with Gasteiger partial charge >= 0.3 is 12.2 Å². The molecule has 1 aromatic carbocycles. The molecule has 0 fully saturated rings. The first-order chi connectivity index (χ1) is 14.2. The van der Waals surface area contributed by atoms with Crippen LogP contribution in [0.4, 0.5) is 9.59 Å². The second kappa shape index (κ2) is 10.9. The van der Waals surface area contributed by atoms with Crippen molar-refractivity contribution < 1.29 is 19.1 Å². The highest BCUT2D eigenvalue weighted by atomic mass is 16.6. The number of rotatable bonds is 2. The van der Waals surface area contributed by atoms with Gasteiger partial charge in [0, 0.05) is 12.6 Å². The standard InChI is InChI=1S/C24H35N3O4/c1-17(2)19(16-15-18-13-11-10-12-14-18)27(9)20(25-21(28)30-23(3,4)5)26-22(29)31-24(6,7)8/h10-14,17,19H,1-9H3,(H,25,26,28,29). The Morgan fingerprint density at radius 3 is 2.03 bits per heavy atom. The van der Waals surface area contributed by atoms with Gasteiger partial charge in [0.2, 0.25) is 5.96 Å². The molecular weight excluding hydrogens is 394 g/mol. The first-order valence-electron chi connectivity index (χ1n) is 10.3. The topological polar surface area (TPSA) is 80.2 Å². The Morgan fingerprint density at radius 2 is 1.55 bits per heavy atom. The van der Waals surface area contributed by atoms with Crippen LogP contribution in [0.3, 0.4) is 0 Å². The largest absolute Gasteiger partial charge is 0.444 e. The van der Waals surface area contributed by atoms with Crippen molar-refractivity contribution in [3.63, 3.8) is 0 Å². The quantitative estimate of drug-likeness (QED) is 0.415. The van der Waals surface area contributed by atoms with E-state index in [0.717, 1.165) is 5.56 Å². The first-order valence-corrected chi connectivity index (χ1v) is 10.3. The van der Waals surface area contributed by atoms with Gasteiger partial charge in [-0.1, -0.05) is 43.9 Å². The third-order valence-corrected chi connectivity index (χ3v) is 3.72. The molecule has 1 N–H and O–H groups in total. The summed E-state index contributed by atoms with van der Waals surface area (Å²) in [6, 6.07) is 9.25. The van der Waals surface area contributed by atoms with Crippen LogP contribution in [0.2, 0.25) is 0 Å². The number of carbonyl (C=O) groups excluding carboxylic acids is 2. The van der Waals surface area contributed by atoms with Crippen molar-refractivity contribution in [1.29, 1.82) is 0 Å². The van der Waals surface area contributed by atoms with E-state index in [-0.39, 0.29) is 17.9 Å². The average molecular weight is 430 g/mol. The second-order valence-electron chi connectivity index (χ2n) is 9.48. The number of carbonyl (C=O) groups is 2. The van der Waals surface area contributed by atoms with Gasteiger partial charge in [-0.3, -0.25) is 5.32 Å². The molecule has 170 valence electrons. The van der Waals surface area contributed by atoms with Gasteiger partial charge < -0.3 is 14.4 Å². The number of nitrogens with one attached hydrogen (secondary N) is 1. The highest BCUT2D eigenvalue weighted by molar-refractivity contribution is 5.99. The normalized spacial score (nSPS) is 13.0. The van der Waals surface area contributed by atoms with Crippen molar-refractivity contribution in [3.8, 4) is 11.8 Å². The number of ether oxygens (including phenoxy) is 2. The molecule has 0 saturated heterocycles. The smallest absolute Gasteiger partial charge is 0.437 e. The molecule has 0 bridgehead atoms. The van der Waals surface area contributed by atoms with Crippen molar-refractivity contribution in [2.45, 2.75) is 72.6 Å². The molecule has 2 amide bonds. The van der Waals surface area contributed by atoms with Crippen LogP contribution in [0, 0.1) is 17.8 Å². The number of benzene rings is 1. The summed E-state index contributed by atoms with van der Waals surface area (Å²) in [5.74, 6) is 6.43. The van der Waals surface area contributed by atoms with Crippen LogP contribution in [0.5, 0.6) is 0 Å². The molecule has 0 aromatic heterocycles. The predicted octanol–water partition coefficient (Wildman–Crippen LogP) is 4.81. The Bertz CT molecular complexity index is 838. The fourth-order valence-electron chi connectivity index (χ4n) is 2.48. The van der Waals surface area contributed by atoms with Crippen molar-refractivity contribution in [2.75, 3.05) is 7.05 Å². The maximum absolute atomic E-state index is 12.4. The summed E-state index contributed by atoms with van der Waals surface area (Å²) in [7, 11) is 1.71. The molecule has 0 aliphatic carbocycles. The average Bonchev–Trinajstić information content (AvgIpc) is 2.58. The molecule has 0 saturated carbocycles. The lowest BCUT2D eigenvalue weighted by atomic mass is 10.0. The number of nitrogens with zero attached hydrogens (tertiary/aromatic N) is 2.